The summed E-state index contributed by atoms with van der Waals surface area (Å²) in [5, 5.41) is 3.58. The van der Waals surface area contributed by atoms with Gasteiger partial charge in [0.1, 0.15) is 5.82 Å². The summed E-state index contributed by atoms with van der Waals surface area (Å²) in [5.74, 6) is 1.16. The van der Waals surface area contributed by atoms with Crippen molar-refractivity contribution in [2.24, 2.45) is 10.8 Å². The fraction of sp³-hybridized carbons (Fsp3) is 0.462. The molecule has 1 aliphatic carbocycles. The maximum absolute atomic E-state index is 13.5. The van der Waals surface area contributed by atoms with Gasteiger partial charge < -0.3 is 5.32 Å². The van der Waals surface area contributed by atoms with Gasteiger partial charge in [0.15, 0.2) is 5.78 Å². The van der Waals surface area contributed by atoms with Gasteiger partial charge >= 0.3 is 0 Å². The number of hydrogen-bond donors (Lipinski definition) is 1. The summed E-state index contributed by atoms with van der Waals surface area (Å²) in [6, 6.07) is 12.6. The van der Waals surface area contributed by atoms with E-state index in [1.165, 1.54) is 5.56 Å². The van der Waals surface area contributed by atoms with Gasteiger partial charge in [-0.05, 0) is 47.8 Å². The van der Waals surface area contributed by atoms with Gasteiger partial charge in [-0.2, -0.15) is 0 Å². The molecule has 3 heteroatoms. The Hall–Kier alpha value is -2.42. The van der Waals surface area contributed by atoms with E-state index in [-0.39, 0.29) is 16.6 Å². The van der Waals surface area contributed by atoms with E-state index >= 15 is 0 Å². The Morgan fingerprint density at radius 1 is 1.03 bits per heavy atom. The van der Waals surface area contributed by atoms with Crippen molar-refractivity contribution in [3.63, 3.8) is 0 Å². The third-order valence-electron chi connectivity index (χ3n) is 6.25. The number of hydrogen-bond acceptors (Lipinski definition) is 3. The Kier molecular flexibility index (Phi) is 4.49. The van der Waals surface area contributed by atoms with Crippen LogP contribution in [0.1, 0.15) is 71.1 Å². The molecule has 0 spiro atoms. The lowest BCUT2D eigenvalue weighted by atomic mass is 9.60. The van der Waals surface area contributed by atoms with Crippen LogP contribution in [0.4, 0.5) is 5.82 Å². The van der Waals surface area contributed by atoms with Crippen LogP contribution in [0.3, 0.4) is 0 Å². The second-order valence-corrected chi connectivity index (χ2v) is 10.8. The van der Waals surface area contributed by atoms with Crippen LogP contribution in [0.2, 0.25) is 0 Å². The van der Waals surface area contributed by atoms with E-state index in [1.54, 1.807) is 0 Å². The summed E-state index contributed by atoms with van der Waals surface area (Å²) in [6.45, 7) is 13.4. The summed E-state index contributed by atoms with van der Waals surface area (Å²) < 4.78 is 0. The quantitative estimate of drug-likeness (QED) is 0.681. The minimum atomic E-state index is -0.500. The Morgan fingerprint density at radius 2 is 1.72 bits per heavy atom. The number of ketones is 1. The van der Waals surface area contributed by atoms with Gasteiger partial charge in [0.2, 0.25) is 0 Å². The average Bonchev–Trinajstić information content (AvgIpc) is 2.59. The molecular formula is C26H32N2O. The molecule has 3 nitrogen and oxygen atoms in total. The molecule has 0 unspecified atom stereocenters. The van der Waals surface area contributed by atoms with Crippen LogP contribution in [0, 0.1) is 10.8 Å². The van der Waals surface area contributed by atoms with Crippen LogP contribution in [0.25, 0.3) is 0 Å². The molecule has 0 bridgehead atoms. The third-order valence-corrected chi connectivity index (χ3v) is 6.25. The zero-order valence-electron chi connectivity index (χ0n) is 18.5. The highest BCUT2D eigenvalue weighted by Gasteiger charge is 2.48. The van der Waals surface area contributed by atoms with Gasteiger partial charge in [0.25, 0.3) is 0 Å². The number of carbonyl (C=O) groups is 1. The first-order valence-electron chi connectivity index (χ1n) is 10.6. The van der Waals surface area contributed by atoms with Gasteiger partial charge in [-0.3, -0.25) is 4.79 Å². The molecule has 0 radical (unpaired) electrons. The Bertz CT molecular complexity index is 995. The maximum atomic E-state index is 13.5. The van der Waals surface area contributed by atoms with Crippen LogP contribution >= 0.6 is 0 Å². The van der Waals surface area contributed by atoms with E-state index in [0.717, 1.165) is 41.1 Å². The molecule has 2 aliphatic rings. The number of rotatable bonds is 2. The highest BCUT2D eigenvalue weighted by molar-refractivity contribution is 6.03. The van der Waals surface area contributed by atoms with Crippen LogP contribution < -0.4 is 5.32 Å². The SMILES string of the molecule is CC(C)(C)Cc1ccnc2c1[C@@](C)(c1ccccc1)C1=C(CC(C)(C)CC1=O)N2. The summed E-state index contributed by atoms with van der Waals surface area (Å²) in [4.78, 5) is 18.3. The minimum Gasteiger partial charge on any atom is -0.343 e. The number of nitrogens with zero attached hydrogens (tertiary/aromatic N) is 1. The maximum Gasteiger partial charge on any atom is 0.162 e. The molecule has 1 atom stereocenters. The second kappa shape index (κ2) is 6.55. The molecule has 0 amide bonds. The molecular weight excluding hydrogens is 356 g/mol. The van der Waals surface area contributed by atoms with E-state index < -0.39 is 5.41 Å². The number of aromatic nitrogens is 1. The monoisotopic (exact) mass is 388 g/mol. The molecule has 1 aromatic carbocycles. The molecule has 0 saturated carbocycles. The smallest absolute Gasteiger partial charge is 0.162 e. The normalized spacial score (nSPS) is 23.3. The first-order valence-corrected chi connectivity index (χ1v) is 10.6. The van der Waals surface area contributed by atoms with Gasteiger partial charge in [-0.1, -0.05) is 65.0 Å². The van der Waals surface area contributed by atoms with E-state index in [1.807, 2.05) is 12.3 Å². The lowest BCUT2D eigenvalue weighted by Crippen LogP contribution is -2.43. The molecule has 2 heterocycles. The van der Waals surface area contributed by atoms with Crippen LogP contribution in [0.15, 0.2) is 53.9 Å². The number of allylic oxidation sites excluding steroid dienone is 2. The second-order valence-electron chi connectivity index (χ2n) is 10.8. The molecule has 1 aliphatic heterocycles. The molecule has 0 fully saturated rings. The molecule has 2 aromatic rings. The third kappa shape index (κ3) is 3.41. The zero-order chi connectivity index (χ0) is 21.0. The number of nitrogens with one attached hydrogen (secondary N) is 1. The summed E-state index contributed by atoms with van der Waals surface area (Å²) in [7, 11) is 0. The van der Waals surface area contributed by atoms with Crippen LogP contribution in [-0.2, 0) is 16.6 Å². The molecule has 0 saturated heterocycles. The van der Waals surface area contributed by atoms with E-state index in [2.05, 4.69) is 77.2 Å². The van der Waals surface area contributed by atoms with E-state index in [4.69, 9.17) is 4.98 Å². The van der Waals surface area contributed by atoms with Gasteiger partial charge in [0, 0.05) is 29.5 Å². The number of carbonyl (C=O) groups excluding carboxylic acids is 1. The fourth-order valence-electron chi connectivity index (χ4n) is 5.21. The first kappa shape index (κ1) is 19.9. The van der Waals surface area contributed by atoms with Crippen molar-refractivity contribution in [1.82, 2.24) is 4.98 Å². The van der Waals surface area contributed by atoms with Crippen molar-refractivity contribution in [2.75, 3.05) is 5.32 Å². The Labute approximate surface area is 174 Å². The van der Waals surface area contributed by atoms with Crippen molar-refractivity contribution >= 4 is 11.6 Å². The molecule has 1 N–H and O–H groups in total. The van der Waals surface area contributed by atoms with Crippen molar-refractivity contribution in [3.05, 3.63) is 70.6 Å². The Balaban J connectivity index is 2.02. The fourth-order valence-corrected chi connectivity index (χ4v) is 5.21. The van der Waals surface area contributed by atoms with Crippen molar-refractivity contribution < 1.29 is 4.79 Å². The van der Waals surface area contributed by atoms with Gasteiger partial charge in [-0.15, -0.1) is 0 Å². The summed E-state index contributed by atoms with van der Waals surface area (Å²) in [6.07, 6.45) is 4.28. The standard InChI is InChI=1S/C26H32N2O/c1-24(2,3)14-17-12-13-27-23-21(17)26(6,18-10-8-7-9-11-18)22-19(28-23)15-25(4,5)16-20(22)29/h7-13H,14-16H2,1-6H3,(H,27,28)/t26-/m1/s1. The molecule has 29 heavy (non-hydrogen) atoms. The summed E-state index contributed by atoms with van der Waals surface area (Å²) in [5.41, 5.74) is 5.16. The lowest BCUT2D eigenvalue weighted by Gasteiger charge is -2.45. The molecule has 1 aromatic heterocycles. The van der Waals surface area contributed by atoms with Gasteiger partial charge in [0.05, 0.1) is 5.41 Å². The highest BCUT2D eigenvalue weighted by atomic mass is 16.1. The van der Waals surface area contributed by atoms with Crippen LogP contribution in [0.5, 0.6) is 0 Å². The number of benzene rings is 1. The lowest BCUT2D eigenvalue weighted by molar-refractivity contribution is -0.118. The minimum absolute atomic E-state index is 0.0406. The molecule has 152 valence electrons. The van der Waals surface area contributed by atoms with Gasteiger partial charge in [-0.25, -0.2) is 4.98 Å². The topological polar surface area (TPSA) is 42.0 Å². The number of anilines is 1. The predicted molar refractivity (Wildman–Crippen MR) is 119 cm³/mol. The summed E-state index contributed by atoms with van der Waals surface area (Å²) >= 11 is 0. The number of Topliss-reactive ketones (excluding diaryl/α,β-unsaturated/α-hetero) is 1. The van der Waals surface area contributed by atoms with E-state index in [9.17, 15) is 4.79 Å². The van der Waals surface area contributed by atoms with Crippen LogP contribution in [-0.4, -0.2) is 10.8 Å². The Morgan fingerprint density at radius 3 is 2.38 bits per heavy atom. The predicted octanol–water partition coefficient (Wildman–Crippen LogP) is 6.04. The van der Waals surface area contributed by atoms with E-state index in [0.29, 0.717) is 6.42 Å². The number of pyridine rings is 1. The average molecular weight is 389 g/mol. The number of fused-ring (bicyclic) bond motifs is 1. The van der Waals surface area contributed by atoms with Crippen molar-refractivity contribution in [2.45, 2.75) is 66.2 Å². The first-order chi connectivity index (χ1) is 13.5. The largest absolute Gasteiger partial charge is 0.343 e. The van der Waals surface area contributed by atoms with Crippen molar-refractivity contribution in [3.8, 4) is 0 Å². The highest BCUT2D eigenvalue weighted by Crippen LogP contribution is 2.53. The molecule has 4 rings (SSSR count). The van der Waals surface area contributed by atoms with Crippen molar-refractivity contribution in [1.29, 1.82) is 0 Å². The zero-order valence-corrected chi connectivity index (χ0v) is 18.5.